The average Bonchev–Trinajstić information content (AvgIpc) is 3.04. The minimum Gasteiger partial charge on any atom is -0.337 e. The van der Waals surface area contributed by atoms with Crippen molar-refractivity contribution < 1.29 is 9.02 Å². The topological polar surface area (TPSA) is 88.8 Å². The maximum absolute atomic E-state index is 13.9. The number of fused-ring (bicyclic) bond motifs is 1. The number of nitrogens with one attached hydrogen (secondary N) is 2. The number of para-hydroxylation sites is 1. The van der Waals surface area contributed by atoms with E-state index in [2.05, 4.69) is 35.5 Å². The molecule has 0 amide bonds. The lowest BCUT2D eigenvalue weighted by Crippen LogP contribution is -2.04. The summed E-state index contributed by atoms with van der Waals surface area (Å²) in [7, 11) is 0. The molecule has 4 aromatic rings. The predicted molar refractivity (Wildman–Crippen MR) is 91.8 cm³/mol. The van der Waals surface area contributed by atoms with Crippen molar-refractivity contribution in [3.63, 3.8) is 0 Å². The molecule has 4 rings (SSSR count). The molecular formula is C16H10ClFN6O. The van der Waals surface area contributed by atoms with E-state index >= 15 is 0 Å². The largest absolute Gasteiger partial charge is 0.337 e. The van der Waals surface area contributed by atoms with Crippen LogP contribution in [0.15, 0.2) is 53.2 Å². The van der Waals surface area contributed by atoms with Crippen LogP contribution in [0.3, 0.4) is 0 Å². The van der Waals surface area contributed by atoms with Crippen molar-refractivity contribution in [2.45, 2.75) is 0 Å². The SMILES string of the molecule is Fc1ccccc1Nc1nc2nonc2nc1Nc1cccc(Cl)c1. The number of rotatable bonds is 4. The van der Waals surface area contributed by atoms with Gasteiger partial charge in [0.2, 0.25) is 11.3 Å². The molecular weight excluding hydrogens is 347 g/mol. The Bertz CT molecular complexity index is 1050. The van der Waals surface area contributed by atoms with Crippen molar-refractivity contribution in [2.75, 3.05) is 10.6 Å². The molecule has 2 aromatic heterocycles. The van der Waals surface area contributed by atoms with Gasteiger partial charge >= 0.3 is 0 Å². The number of aromatic nitrogens is 4. The maximum Gasteiger partial charge on any atom is 0.245 e. The molecule has 0 atom stereocenters. The third-order valence-corrected chi connectivity index (χ3v) is 3.56. The second kappa shape index (κ2) is 6.33. The summed E-state index contributed by atoms with van der Waals surface area (Å²) >= 11 is 6.00. The van der Waals surface area contributed by atoms with E-state index in [-0.39, 0.29) is 22.8 Å². The Hall–Kier alpha value is -3.26. The highest BCUT2D eigenvalue weighted by atomic mass is 35.5. The first-order valence-electron chi connectivity index (χ1n) is 7.23. The van der Waals surface area contributed by atoms with Gasteiger partial charge in [0.15, 0.2) is 11.6 Å². The molecule has 7 nitrogen and oxygen atoms in total. The summed E-state index contributed by atoms with van der Waals surface area (Å²) in [6.07, 6.45) is 0. The summed E-state index contributed by atoms with van der Waals surface area (Å²) in [5, 5.41) is 13.9. The van der Waals surface area contributed by atoms with Crippen LogP contribution in [-0.4, -0.2) is 20.3 Å². The quantitative estimate of drug-likeness (QED) is 0.563. The number of nitrogens with zero attached hydrogens (tertiary/aromatic N) is 4. The van der Waals surface area contributed by atoms with Gasteiger partial charge in [0.05, 0.1) is 5.69 Å². The first-order valence-corrected chi connectivity index (χ1v) is 7.61. The zero-order valence-corrected chi connectivity index (χ0v) is 13.3. The lowest BCUT2D eigenvalue weighted by atomic mass is 10.3. The second-order valence-electron chi connectivity index (χ2n) is 5.07. The molecule has 0 aliphatic carbocycles. The van der Waals surface area contributed by atoms with Crippen LogP contribution >= 0.6 is 11.6 Å². The van der Waals surface area contributed by atoms with Crippen molar-refractivity contribution in [1.29, 1.82) is 0 Å². The highest BCUT2D eigenvalue weighted by Gasteiger charge is 2.14. The van der Waals surface area contributed by atoms with E-state index in [9.17, 15) is 4.39 Å². The van der Waals surface area contributed by atoms with Crippen LogP contribution in [-0.2, 0) is 0 Å². The fraction of sp³-hybridized carbons (Fsp3) is 0. The Morgan fingerprint density at radius 3 is 2.32 bits per heavy atom. The summed E-state index contributed by atoms with van der Waals surface area (Å²) in [5.74, 6) is 0.179. The fourth-order valence-corrected chi connectivity index (χ4v) is 2.40. The highest BCUT2D eigenvalue weighted by molar-refractivity contribution is 6.30. The summed E-state index contributed by atoms with van der Waals surface area (Å²) < 4.78 is 18.6. The van der Waals surface area contributed by atoms with Crippen molar-refractivity contribution in [3.8, 4) is 0 Å². The first kappa shape index (κ1) is 15.3. The Kier molecular flexibility index (Phi) is 3.87. The monoisotopic (exact) mass is 356 g/mol. The van der Waals surface area contributed by atoms with E-state index in [1.807, 2.05) is 6.07 Å². The molecule has 0 fully saturated rings. The normalized spacial score (nSPS) is 10.8. The Balaban J connectivity index is 1.77. The van der Waals surface area contributed by atoms with Crippen LogP contribution in [0.2, 0.25) is 5.02 Å². The van der Waals surface area contributed by atoms with Gasteiger partial charge < -0.3 is 10.6 Å². The summed E-state index contributed by atoms with van der Waals surface area (Å²) in [6.45, 7) is 0. The van der Waals surface area contributed by atoms with Gasteiger partial charge in [-0.25, -0.2) is 19.0 Å². The number of hydrogen-bond donors (Lipinski definition) is 2. The number of anilines is 4. The van der Waals surface area contributed by atoms with E-state index in [4.69, 9.17) is 11.6 Å². The van der Waals surface area contributed by atoms with Crippen LogP contribution in [0.1, 0.15) is 0 Å². The van der Waals surface area contributed by atoms with E-state index < -0.39 is 5.82 Å². The van der Waals surface area contributed by atoms with Crippen molar-refractivity contribution in [3.05, 3.63) is 59.4 Å². The third-order valence-electron chi connectivity index (χ3n) is 3.33. The van der Waals surface area contributed by atoms with E-state index in [1.165, 1.54) is 6.07 Å². The minimum atomic E-state index is -0.420. The molecule has 124 valence electrons. The molecule has 0 aliphatic rings. The van der Waals surface area contributed by atoms with Gasteiger partial charge in [-0.05, 0) is 40.6 Å². The minimum absolute atomic E-state index is 0.204. The Morgan fingerprint density at radius 2 is 1.60 bits per heavy atom. The van der Waals surface area contributed by atoms with E-state index in [0.29, 0.717) is 16.5 Å². The van der Waals surface area contributed by atoms with E-state index in [1.54, 1.807) is 36.4 Å². The van der Waals surface area contributed by atoms with Crippen LogP contribution in [0.4, 0.5) is 27.4 Å². The first-order chi connectivity index (χ1) is 12.2. The second-order valence-corrected chi connectivity index (χ2v) is 5.51. The van der Waals surface area contributed by atoms with Crippen LogP contribution in [0, 0.1) is 5.82 Å². The molecule has 0 aliphatic heterocycles. The van der Waals surface area contributed by atoms with Gasteiger partial charge in [0.1, 0.15) is 5.82 Å². The molecule has 0 spiro atoms. The summed E-state index contributed by atoms with van der Waals surface area (Å²) in [4.78, 5) is 8.60. The molecule has 0 saturated carbocycles. The van der Waals surface area contributed by atoms with Crippen molar-refractivity contribution in [2.24, 2.45) is 0 Å². The summed E-state index contributed by atoms with van der Waals surface area (Å²) in [5.41, 5.74) is 1.37. The van der Waals surface area contributed by atoms with Gasteiger partial charge in [-0.3, -0.25) is 0 Å². The molecule has 2 N–H and O–H groups in total. The number of hydrogen-bond acceptors (Lipinski definition) is 7. The van der Waals surface area contributed by atoms with Crippen LogP contribution < -0.4 is 10.6 Å². The lowest BCUT2D eigenvalue weighted by molar-refractivity contribution is 0.314. The average molecular weight is 357 g/mol. The van der Waals surface area contributed by atoms with E-state index in [0.717, 1.165) is 0 Å². The molecule has 0 bridgehead atoms. The maximum atomic E-state index is 13.9. The Labute approximate surface area is 145 Å². The lowest BCUT2D eigenvalue weighted by Gasteiger charge is -2.12. The molecule has 25 heavy (non-hydrogen) atoms. The molecule has 0 saturated heterocycles. The molecule has 0 radical (unpaired) electrons. The Morgan fingerprint density at radius 1 is 0.880 bits per heavy atom. The fourth-order valence-electron chi connectivity index (χ4n) is 2.21. The standard InChI is InChI=1S/C16H10ClFN6O/c17-9-4-3-5-10(8-9)19-13-14(20-12-7-2-1-6-11(12)18)22-16-15(21-13)23-25-24-16/h1-8H,(H,19,21,23)(H,20,22,24). The van der Waals surface area contributed by atoms with Crippen LogP contribution in [0.5, 0.6) is 0 Å². The molecule has 2 heterocycles. The van der Waals surface area contributed by atoms with Gasteiger partial charge in [-0.1, -0.05) is 29.8 Å². The van der Waals surface area contributed by atoms with Gasteiger partial charge in [-0.15, -0.1) is 0 Å². The number of benzene rings is 2. The molecule has 2 aromatic carbocycles. The van der Waals surface area contributed by atoms with Crippen LogP contribution in [0.25, 0.3) is 11.3 Å². The zero-order valence-electron chi connectivity index (χ0n) is 12.6. The number of halogens is 2. The smallest absolute Gasteiger partial charge is 0.245 e. The van der Waals surface area contributed by atoms with Gasteiger partial charge in [0, 0.05) is 10.7 Å². The van der Waals surface area contributed by atoms with Crippen molar-refractivity contribution in [1.82, 2.24) is 20.3 Å². The third kappa shape index (κ3) is 3.20. The molecule has 9 heteroatoms. The van der Waals surface area contributed by atoms with Crippen molar-refractivity contribution >= 4 is 45.9 Å². The predicted octanol–water partition coefficient (Wildman–Crippen LogP) is 4.29. The van der Waals surface area contributed by atoms with Gasteiger partial charge in [0.25, 0.3) is 0 Å². The molecule has 0 unspecified atom stereocenters. The zero-order chi connectivity index (χ0) is 17.2. The van der Waals surface area contributed by atoms with Gasteiger partial charge in [-0.2, -0.15) is 0 Å². The summed E-state index contributed by atoms with van der Waals surface area (Å²) in [6, 6.07) is 13.3. The highest BCUT2D eigenvalue weighted by Crippen LogP contribution is 2.28.